The third kappa shape index (κ3) is 2.37. The summed E-state index contributed by atoms with van der Waals surface area (Å²) < 4.78 is 0. The molecule has 0 unspecified atom stereocenters. The predicted octanol–water partition coefficient (Wildman–Crippen LogP) is 0.809. The van der Waals surface area contributed by atoms with Gasteiger partial charge >= 0.3 is 6.03 Å². The molecule has 4 amide bonds. The van der Waals surface area contributed by atoms with E-state index < -0.39 is 11.6 Å². The summed E-state index contributed by atoms with van der Waals surface area (Å²) >= 11 is 0. The van der Waals surface area contributed by atoms with Crippen molar-refractivity contribution < 1.29 is 14.4 Å². The molecule has 0 saturated carbocycles. The third-order valence-electron chi connectivity index (χ3n) is 4.22. The van der Waals surface area contributed by atoms with E-state index in [1.54, 1.807) is 4.90 Å². The first kappa shape index (κ1) is 13.6. The SMILES string of the molecule is Cc1ccc(C(=O)N2CCC3(CC2)NC(=O)NC3=O)cc1. The number of aryl methyl sites for hydroxylation is 1. The van der Waals surface area contributed by atoms with Crippen LogP contribution in [0.5, 0.6) is 0 Å². The molecule has 6 nitrogen and oxygen atoms in total. The van der Waals surface area contributed by atoms with E-state index in [2.05, 4.69) is 10.6 Å². The predicted molar refractivity (Wildman–Crippen MR) is 75.7 cm³/mol. The van der Waals surface area contributed by atoms with Gasteiger partial charge in [0.25, 0.3) is 11.8 Å². The molecule has 1 aromatic carbocycles. The minimum Gasteiger partial charge on any atom is -0.338 e. The van der Waals surface area contributed by atoms with Gasteiger partial charge in [0.05, 0.1) is 0 Å². The van der Waals surface area contributed by atoms with Crippen LogP contribution in [0.4, 0.5) is 4.79 Å². The lowest BCUT2D eigenvalue weighted by Gasteiger charge is -2.37. The smallest absolute Gasteiger partial charge is 0.322 e. The van der Waals surface area contributed by atoms with Crippen LogP contribution in [0, 0.1) is 6.92 Å². The molecule has 0 bridgehead atoms. The molecule has 2 aliphatic rings. The Morgan fingerprint density at radius 1 is 1.14 bits per heavy atom. The standard InChI is InChI=1S/C15H17N3O3/c1-10-2-4-11(5-3-10)12(19)18-8-6-15(7-9-18)13(20)16-14(21)17-15/h2-5H,6-9H2,1H3,(H2,16,17,20,21). The maximum Gasteiger partial charge on any atom is 0.322 e. The zero-order valence-corrected chi connectivity index (χ0v) is 11.8. The van der Waals surface area contributed by atoms with Crippen molar-refractivity contribution in [3.05, 3.63) is 35.4 Å². The summed E-state index contributed by atoms with van der Waals surface area (Å²) in [6.07, 6.45) is 0.893. The van der Waals surface area contributed by atoms with Gasteiger partial charge in [0.1, 0.15) is 5.54 Å². The highest BCUT2D eigenvalue weighted by Gasteiger charge is 2.48. The average molecular weight is 287 g/mol. The topological polar surface area (TPSA) is 78.5 Å². The fourth-order valence-electron chi connectivity index (χ4n) is 2.85. The second-order valence-electron chi connectivity index (χ2n) is 5.65. The minimum absolute atomic E-state index is 0.0328. The molecule has 0 atom stereocenters. The van der Waals surface area contributed by atoms with Gasteiger partial charge in [-0.05, 0) is 31.9 Å². The molecule has 0 aromatic heterocycles. The lowest BCUT2D eigenvalue weighted by atomic mass is 9.87. The molecule has 21 heavy (non-hydrogen) atoms. The maximum atomic E-state index is 12.4. The molecule has 110 valence electrons. The van der Waals surface area contributed by atoms with Gasteiger partial charge in [-0.25, -0.2) is 4.79 Å². The number of hydrogen-bond acceptors (Lipinski definition) is 3. The van der Waals surface area contributed by atoms with Gasteiger partial charge in [-0.2, -0.15) is 0 Å². The Bertz CT molecular complexity index is 601. The first-order valence-electron chi connectivity index (χ1n) is 7.00. The first-order chi connectivity index (χ1) is 10.00. The molecular formula is C15H17N3O3. The van der Waals surface area contributed by atoms with Gasteiger partial charge in [0, 0.05) is 18.7 Å². The number of benzene rings is 1. The molecule has 2 N–H and O–H groups in total. The fourth-order valence-corrected chi connectivity index (χ4v) is 2.85. The van der Waals surface area contributed by atoms with Crippen molar-refractivity contribution in [2.45, 2.75) is 25.3 Å². The summed E-state index contributed by atoms with van der Waals surface area (Å²) in [5.41, 5.74) is 0.923. The summed E-state index contributed by atoms with van der Waals surface area (Å²) in [5.74, 6) is -0.315. The highest BCUT2D eigenvalue weighted by molar-refractivity contribution is 6.07. The van der Waals surface area contributed by atoms with Crippen LogP contribution < -0.4 is 10.6 Å². The van der Waals surface area contributed by atoms with E-state index in [9.17, 15) is 14.4 Å². The van der Waals surface area contributed by atoms with Crippen LogP contribution in [0.25, 0.3) is 0 Å². The van der Waals surface area contributed by atoms with Gasteiger partial charge in [-0.1, -0.05) is 17.7 Å². The number of hydrogen-bond donors (Lipinski definition) is 2. The van der Waals surface area contributed by atoms with Crippen molar-refractivity contribution in [1.29, 1.82) is 0 Å². The molecule has 1 spiro atoms. The van der Waals surface area contributed by atoms with Crippen molar-refractivity contribution in [3.8, 4) is 0 Å². The van der Waals surface area contributed by atoms with Crippen LogP contribution in [0.15, 0.2) is 24.3 Å². The molecule has 0 radical (unpaired) electrons. The molecule has 3 rings (SSSR count). The monoisotopic (exact) mass is 287 g/mol. The third-order valence-corrected chi connectivity index (χ3v) is 4.22. The second kappa shape index (κ2) is 4.87. The molecule has 0 aliphatic carbocycles. The van der Waals surface area contributed by atoms with E-state index in [1.165, 1.54) is 0 Å². The quantitative estimate of drug-likeness (QED) is 0.750. The van der Waals surface area contributed by atoms with E-state index in [1.807, 2.05) is 31.2 Å². The Morgan fingerprint density at radius 2 is 1.76 bits per heavy atom. The summed E-state index contributed by atoms with van der Waals surface area (Å²) in [4.78, 5) is 37.2. The number of imide groups is 1. The van der Waals surface area contributed by atoms with E-state index in [0.29, 0.717) is 31.5 Å². The van der Waals surface area contributed by atoms with Crippen LogP contribution in [-0.4, -0.2) is 41.4 Å². The van der Waals surface area contributed by atoms with Gasteiger partial charge in [-0.3, -0.25) is 14.9 Å². The molecule has 2 heterocycles. The van der Waals surface area contributed by atoms with Crippen LogP contribution in [0.2, 0.25) is 0 Å². The van der Waals surface area contributed by atoms with Crippen LogP contribution in [0.3, 0.4) is 0 Å². The number of nitrogens with zero attached hydrogens (tertiary/aromatic N) is 1. The van der Waals surface area contributed by atoms with Crippen molar-refractivity contribution in [2.24, 2.45) is 0 Å². The average Bonchev–Trinajstić information content (AvgIpc) is 2.74. The molecular weight excluding hydrogens is 270 g/mol. The van der Waals surface area contributed by atoms with Crippen molar-refractivity contribution in [3.63, 3.8) is 0 Å². The number of nitrogens with one attached hydrogen (secondary N) is 2. The molecule has 2 saturated heterocycles. The molecule has 2 aliphatic heterocycles. The van der Waals surface area contributed by atoms with Crippen LogP contribution >= 0.6 is 0 Å². The summed E-state index contributed by atoms with van der Waals surface area (Å²) in [5, 5.41) is 4.96. The second-order valence-corrected chi connectivity index (χ2v) is 5.65. The fraction of sp³-hybridized carbons (Fsp3) is 0.400. The first-order valence-corrected chi connectivity index (χ1v) is 7.00. The van der Waals surface area contributed by atoms with E-state index >= 15 is 0 Å². The Labute approximate surface area is 122 Å². The van der Waals surface area contributed by atoms with Gasteiger partial charge in [-0.15, -0.1) is 0 Å². The number of likely N-dealkylation sites (tertiary alicyclic amines) is 1. The zero-order valence-electron chi connectivity index (χ0n) is 11.8. The normalized spacial score (nSPS) is 20.3. The van der Waals surface area contributed by atoms with E-state index in [4.69, 9.17) is 0 Å². The number of urea groups is 1. The molecule has 6 heteroatoms. The lowest BCUT2D eigenvalue weighted by molar-refractivity contribution is -0.125. The van der Waals surface area contributed by atoms with Crippen molar-refractivity contribution in [2.75, 3.05) is 13.1 Å². The van der Waals surface area contributed by atoms with Crippen LogP contribution in [0.1, 0.15) is 28.8 Å². The number of amides is 4. The number of rotatable bonds is 1. The Morgan fingerprint density at radius 3 is 2.29 bits per heavy atom. The Kier molecular flexibility index (Phi) is 3.16. The zero-order chi connectivity index (χ0) is 15.0. The largest absolute Gasteiger partial charge is 0.338 e. The van der Waals surface area contributed by atoms with Gasteiger partial charge in [0.15, 0.2) is 0 Å². The highest BCUT2D eigenvalue weighted by atomic mass is 16.2. The number of carbonyl (C=O) groups is 3. The van der Waals surface area contributed by atoms with Crippen molar-refractivity contribution >= 4 is 17.8 Å². The molecule has 2 fully saturated rings. The van der Waals surface area contributed by atoms with Crippen LogP contribution in [-0.2, 0) is 4.79 Å². The lowest BCUT2D eigenvalue weighted by Crippen LogP contribution is -2.55. The van der Waals surface area contributed by atoms with Crippen molar-refractivity contribution in [1.82, 2.24) is 15.5 Å². The minimum atomic E-state index is -0.832. The van der Waals surface area contributed by atoms with E-state index in [-0.39, 0.29) is 11.8 Å². The number of carbonyl (C=O) groups excluding carboxylic acids is 3. The Hall–Kier alpha value is -2.37. The summed E-state index contributed by atoms with van der Waals surface area (Å²) in [6.45, 7) is 2.89. The van der Waals surface area contributed by atoms with Gasteiger partial charge < -0.3 is 10.2 Å². The molecule has 1 aromatic rings. The summed E-state index contributed by atoms with van der Waals surface area (Å²) in [6, 6.07) is 6.99. The highest BCUT2D eigenvalue weighted by Crippen LogP contribution is 2.26. The van der Waals surface area contributed by atoms with Gasteiger partial charge in [0.2, 0.25) is 0 Å². The summed E-state index contributed by atoms with van der Waals surface area (Å²) in [7, 11) is 0. The van der Waals surface area contributed by atoms with E-state index in [0.717, 1.165) is 5.56 Å². The number of piperidine rings is 1. The Balaban J connectivity index is 1.68. The maximum absolute atomic E-state index is 12.4.